The van der Waals surface area contributed by atoms with Crippen LogP contribution in [0.3, 0.4) is 0 Å². The number of rotatable bonds is 3. The predicted octanol–water partition coefficient (Wildman–Crippen LogP) is 1.54. The summed E-state index contributed by atoms with van der Waals surface area (Å²) in [6.45, 7) is 12.8. The number of carbonyl (C=O) groups excluding carboxylic acids is 1. The second kappa shape index (κ2) is 6.76. The van der Waals surface area contributed by atoms with Crippen molar-refractivity contribution in [2.45, 2.75) is 39.2 Å². The third-order valence-electron chi connectivity index (χ3n) is 4.04. The summed E-state index contributed by atoms with van der Waals surface area (Å²) in [5, 5.41) is 3.42. The van der Waals surface area contributed by atoms with E-state index in [0.29, 0.717) is 0 Å². The van der Waals surface area contributed by atoms with Crippen molar-refractivity contribution in [2.75, 3.05) is 45.8 Å². The van der Waals surface area contributed by atoms with Gasteiger partial charge in [0.15, 0.2) is 0 Å². The minimum atomic E-state index is -0.399. The van der Waals surface area contributed by atoms with Gasteiger partial charge in [-0.15, -0.1) is 0 Å². The van der Waals surface area contributed by atoms with Gasteiger partial charge in [-0.05, 0) is 59.2 Å². The van der Waals surface area contributed by atoms with Gasteiger partial charge in [0.05, 0.1) is 0 Å². The minimum absolute atomic E-state index is 0.169. The molecule has 0 spiro atoms. The molecule has 0 saturated carbocycles. The van der Waals surface area contributed by atoms with E-state index in [1.165, 1.54) is 25.9 Å². The Morgan fingerprint density at radius 1 is 1.25 bits per heavy atom. The first-order valence-corrected chi connectivity index (χ1v) is 7.85. The summed E-state index contributed by atoms with van der Waals surface area (Å²) in [7, 11) is 0. The van der Waals surface area contributed by atoms with Crippen LogP contribution in [0, 0.1) is 5.92 Å². The Labute approximate surface area is 122 Å². The number of amides is 1. The molecule has 0 aromatic rings. The van der Waals surface area contributed by atoms with E-state index in [1.807, 2.05) is 25.7 Å². The minimum Gasteiger partial charge on any atom is -0.444 e. The molecule has 0 radical (unpaired) electrons. The van der Waals surface area contributed by atoms with Crippen molar-refractivity contribution in [3.63, 3.8) is 0 Å². The van der Waals surface area contributed by atoms with Gasteiger partial charge in [-0.2, -0.15) is 0 Å². The lowest BCUT2D eigenvalue weighted by Crippen LogP contribution is -2.50. The fourth-order valence-electron chi connectivity index (χ4n) is 2.81. The number of ether oxygens (including phenoxy) is 1. The molecule has 0 aromatic heterocycles. The van der Waals surface area contributed by atoms with Crippen molar-refractivity contribution in [3.05, 3.63) is 0 Å². The summed E-state index contributed by atoms with van der Waals surface area (Å²) in [4.78, 5) is 16.3. The molecule has 2 rings (SSSR count). The lowest BCUT2D eigenvalue weighted by Gasteiger charge is -2.35. The quantitative estimate of drug-likeness (QED) is 0.853. The lowest BCUT2D eigenvalue weighted by atomic mass is 10.0. The van der Waals surface area contributed by atoms with E-state index >= 15 is 0 Å². The van der Waals surface area contributed by atoms with Gasteiger partial charge in [-0.1, -0.05) is 0 Å². The number of piperazine rings is 1. The van der Waals surface area contributed by atoms with Crippen molar-refractivity contribution < 1.29 is 9.53 Å². The zero-order chi connectivity index (χ0) is 14.6. The number of carbonyl (C=O) groups is 1. The maximum atomic E-state index is 12.0. The van der Waals surface area contributed by atoms with Gasteiger partial charge in [-0.25, -0.2) is 4.79 Å². The van der Waals surface area contributed by atoms with E-state index in [2.05, 4.69) is 10.2 Å². The summed E-state index contributed by atoms with van der Waals surface area (Å²) in [6.07, 6.45) is 2.43. The van der Waals surface area contributed by atoms with Crippen molar-refractivity contribution in [1.29, 1.82) is 0 Å². The second-order valence-corrected chi connectivity index (χ2v) is 6.96. The highest BCUT2D eigenvalue weighted by molar-refractivity contribution is 5.68. The van der Waals surface area contributed by atoms with E-state index in [9.17, 15) is 4.79 Å². The second-order valence-electron chi connectivity index (χ2n) is 6.96. The van der Waals surface area contributed by atoms with Gasteiger partial charge < -0.3 is 15.0 Å². The van der Waals surface area contributed by atoms with Gasteiger partial charge in [0.2, 0.25) is 0 Å². The Bertz CT molecular complexity index is 314. The molecule has 2 heterocycles. The Morgan fingerprint density at radius 3 is 2.50 bits per heavy atom. The van der Waals surface area contributed by atoms with Gasteiger partial charge in [0, 0.05) is 26.2 Å². The highest BCUT2D eigenvalue weighted by atomic mass is 16.6. The number of nitrogens with zero attached hydrogens (tertiary/aromatic N) is 2. The molecule has 1 atom stereocenters. The van der Waals surface area contributed by atoms with Crippen molar-refractivity contribution in [2.24, 2.45) is 5.92 Å². The van der Waals surface area contributed by atoms with Crippen LogP contribution < -0.4 is 5.32 Å². The van der Waals surface area contributed by atoms with Crippen molar-refractivity contribution in [3.8, 4) is 0 Å². The molecule has 0 bridgehead atoms. The Morgan fingerprint density at radius 2 is 1.95 bits per heavy atom. The van der Waals surface area contributed by atoms with Gasteiger partial charge in [0.25, 0.3) is 0 Å². The average Bonchev–Trinajstić information content (AvgIpc) is 2.88. The van der Waals surface area contributed by atoms with E-state index in [0.717, 1.165) is 38.6 Å². The number of nitrogens with one attached hydrogen (secondary N) is 1. The van der Waals surface area contributed by atoms with Crippen LogP contribution in [-0.4, -0.2) is 67.3 Å². The fourth-order valence-corrected chi connectivity index (χ4v) is 2.81. The molecule has 5 nitrogen and oxygen atoms in total. The van der Waals surface area contributed by atoms with E-state index in [-0.39, 0.29) is 6.09 Å². The fraction of sp³-hybridized carbons (Fsp3) is 0.933. The largest absolute Gasteiger partial charge is 0.444 e. The molecular formula is C15H29N3O2. The monoisotopic (exact) mass is 283 g/mol. The maximum Gasteiger partial charge on any atom is 0.410 e. The molecule has 0 aromatic carbocycles. The molecule has 116 valence electrons. The first-order valence-electron chi connectivity index (χ1n) is 7.85. The van der Waals surface area contributed by atoms with E-state index < -0.39 is 5.60 Å². The van der Waals surface area contributed by atoms with Crippen LogP contribution >= 0.6 is 0 Å². The van der Waals surface area contributed by atoms with Crippen LogP contribution in [0.2, 0.25) is 0 Å². The van der Waals surface area contributed by atoms with E-state index in [1.54, 1.807) is 0 Å². The normalized spacial score (nSPS) is 24.9. The van der Waals surface area contributed by atoms with E-state index in [4.69, 9.17) is 4.74 Å². The topological polar surface area (TPSA) is 44.8 Å². The smallest absolute Gasteiger partial charge is 0.410 e. The Hall–Kier alpha value is -0.810. The molecule has 1 N–H and O–H groups in total. The first-order chi connectivity index (χ1) is 9.44. The highest BCUT2D eigenvalue weighted by Gasteiger charge is 2.26. The SMILES string of the molecule is CC(C)(C)OC(=O)N1CCN(CCC2CCNC2)CC1. The van der Waals surface area contributed by atoms with Crippen molar-refractivity contribution >= 4 is 6.09 Å². The summed E-state index contributed by atoms with van der Waals surface area (Å²) < 4.78 is 5.41. The molecular weight excluding hydrogens is 254 g/mol. The zero-order valence-corrected chi connectivity index (χ0v) is 13.2. The molecule has 2 aliphatic heterocycles. The summed E-state index contributed by atoms with van der Waals surface area (Å²) in [5.41, 5.74) is -0.399. The summed E-state index contributed by atoms with van der Waals surface area (Å²) in [5.74, 6) is 0.846. The number of hydrogen-bond acceptors (Lipinski definition) is 4. The molecule has 1 amide bonds. The third-order valence-corrected chi connectivity index (χ3v) is 4.04. The average molecular weight is 283 g/mol. The highest BCUT2D eigenvalue weighted by Crippen LogP contribution is 2.15. The van der Waals surface area contributed by atoms with Crippen LogP contribution in [0.1, 0.15) is 33.6 Å². The molecule has 2 saturated heterocycles. The molecule has 2 aliphatic rings. The lowest BCUT2D eigenvalue weighted by molar-refractivity contribution is 0.0142. The Kier molecular flexibility index (Phi) is 5.27. The summed E-state index contributed by atoms with van der Waals surface area (Å²) in [6, 6.07) is 0. The van der Waals surface area contributed by atoms with Gasteiger partial charge in [-0.3, -0.25) is 4.90 Å². The first kappa shape index (κ1) is 15.6. The van der Waals surface area contributed by atoms with Crippen LogP contribution in [0.25, 0.3) is 0 Å². The van der Waals surface area contributed by atoms with Gasteiger partial charge in [0.1, 0.15) is 5.60 Å². The number of hydrogen-bond donors (Lipinski definition) is 1. The standard InChI is InChI=1S/C15H29N3O2/c1-15(2,3)20-14(19)18-10-8-17(9-11-18)7-5-13-4-6-16-12-13/h13,16H,4-12H2,1-3H3. The van der Waals surface area contributed by atoms with Gasteiger partial charge >= 0.3 is 6.09 Å². The third kappa shape index (κ3) is 4.94. The molecule has 1 unspecified atom stereocenters. The molecule has 2 fully saturated rings. The predicted molar refractivity (Wildman–Crippen MR) is 79.8 cm³/mol. The molecule has 0 aliphatic carbocycles. The van der Waals surface area contributed by atoms with Crippen molar-refractivity contribution in [1.82, 2.24) is 15.1 Å². The maximum absolute atomic E-state index is 12.0. The van der Waals surface area contributed by atoms with Crippen LogP contribution in [-0.2, 0) is 4.74 Å². The molecule has 5 heteroatoms. The van der Waals surface area contributed by atoms with Crippen LogP contribution in [0.5, 0.6) is 0 Å². The van der Waals surface area contributed by atoms with Crippen LogP contribution in [0.15, 0.2) is 0 Å². The zero-order valence-electron chi connectivity index (χ0n) is 13.2. The molecule has 20 heavy (non-hydrogen) atoms. The van der Waals surface area contributed by atoms with Crippen LogP contribution in [0.4, 0.5) is 4.79 Å². The summed E-state index contributed by atoms with van der Waals surface area (Å²) >= 11 is 0. The Balaban J connectivity index is 1.65.